The molecule has 4 nitrogen and oxygen atoms in total. The molecule has 0 aliphatic heterocycles. The van der Waals surface area contributed by atoms with Gasteiger partial charge in [-0.1, -0.05) is 24.3 Å². The van der Waals surface area contributed by atoms with Gasteiger partial charge >= 0.3 is 0 Å². The lowest BCUT2D eigenvalue weighted by atomic mass is 10.1. The van der Waals surface area contributed by atoms with Crippen LogP contribution >= 0.6 is 0 Å². The molecule has 0 aliphatic rings. The molecule has 0 saturated heterocycles. The molecule has 0 saturated carbocycles. The first-order chi connectivity index (χ1) is 11.6. The highest BCUT2D eigenvalue weighted by molar-refractivity contribution is 5.94. The van der Waals surface area contributed by atoms with Crippen molar-refractivity contribution in [2.45, 2.75) is 6.42 Å². The van der Waals surface area contributed by atoms with E-state index in [-0.39, 0.29) is 5.91 Å². The summed E-state index contributed by atoms with van der Waals surface area (Å²) in [5.74, 6) is -0.0477. The molecule has 0 unspecified atom stereocenters. The second kappa shape index (κ2) is 7.13. The van der Waals surface area contributed by atoms with Gasteiger partial charge in [-0.05, 0) is 42.3 Å². The maximum atomic E-state index is 12.2. The molecule has 1 heterocycles. The third-order valence-electron chi connectivity index (χ3n) is 4.04. The minimum Gasteiger partial charge on any atom is -0.378 e. The van der Waals surface area contributed by atoms with E-state index in [1.54, 1.807) is 6.20 Å². The number of hydrogen-bond acceptors (Lipinski definition) is 3. The van der Waals surface area contributed by atoms with E-state index in [0.29, 0.717) is 12.1 Å². The minimum absolute atomic E-state index is 0.0477. The lowest BCUT2D eigenvalue weighted by Gasteiger charge is -2.12. The fourth-order valence-electron chi connectivity index (χ4n) is 2.69. The Balaban J connectivity index is 1.62. The van der Waals surface area contributed by atoms with Crippen molar-refractivity contribution in [2.75, 3.05) is 25.5 Å². The van der Waals surface area contributed by atoms with Crippen molar-refractivity contribution < 1.29 is 4.79 Å². The van der Waals surface area contributed by atoms with Gasteiger partial charge < -0.3 is 10.2 Å². The summed E-state index contributed by atoms with van der Waals surface area (Å²) < 4.78 is 0. The second-order valence-corrected chi connectivity index (χ2v) is 5.94. The number of fused-ring (bicyclic) bond motifs is 1. The maximum absolute atomic E-state index is 12.2. The van der Waals surface area contributed by atoms with Gasteiger partial charge in [0.1, 0.15) is 0 Å². The Morgan fingerprint density at radius 1 is 1.04 bits per heavy atom. The number of pyridine rings is 1. The summed E-state index contributed by atoms with van der Waals surface area (Å²) in [6, 6.07) is 17.7. The van der Waals surface area contributed by atoms with Crippen molar-refractivity contribution in [3.05, 3.63) is 71.9 Å². The van der Waals surface area contributed by atoms with Crippen molar-refractivity contribution >= 4 is 22.5 Å². The third kappa shape index (κ3) is 3.54. The van der Waals surface area contributed by atoms with Gasteiger partial charge in [-0.25, -0.2) is 0 Å². The van der Waals surface area contributed by atoms with E-state index in [0.717, 1.165) is 28.6 Å². The molecular weight excluding hydrogens is 298 g/mol. The van der Waals surface area contributed by atoms with E-state index in [1.165, 1.54) is 0 Å². The average Bonchev–Trinajstić information content (AvgIpc) is 2.62. The molecular formula is C20H21N3O. The molecule has 3 rings (SSSR count). The van der Waals surface area contributed by atoms with E-state index >= 15 is 0 Å². The Morgan fingerprint density at radius 2 is 1.79 bits per heavy atom. The number of nitrogens with zero attached hydrogens (tertiary/aromatic N) is 2. The third-order valence-corrected chi connectivity index (χ3v) is 4.04. The van der Waals surface area contributed by atoms with Gasteiger partial charge in [-0.2, -0.15) is 0 Å². The minimum atomic E-state index is -0.0477. The van der Waals surface area contributed by atoms with Crippen LogP contribution < -0.4 is 10.2 Å². The van der Waals surface area contributed by atoms with Gasteiger partial charge in [0.05, 0.1) is 5.52 Å². The molecule has 0 radical (unpaired) electrons. The first-order valence-corrected chi connectivity index (χ1v) is 8.03. The molecule has 122 valence electrons. The van der Waals surface area contributed by atoms with E-state index in [4.69, 9.17) is 0 Å². The van der Waals surface area contributed by atoms with E-state index in [9.17, 15) is 4.79 Å². The highest BCUT2D eigenvalue weighted by atomic mass is 16.1. The van der Waals surface area contributed by atoms with Crippen LogP contribution in [0.3, 0.4) is 0 Å². The van der Waals surface area contributed by atoms with Gasteiger partial charge in [0.25, 0.3) is 5.91 Å². The number of hydrogen-bond donors (Lipinski definition) is 1. The van der Waals surface area contributed by atoms with Crippen LogP contribution in [0, 0.1) is 0 Å². The predicted octanol–water partition coefficient (Wildman–Crippen LogP) is 3.27. The monoisotopic (exact) mass is 319 g/mol. The quantitative estimate of drug-likeness (QED) is 0.785. The van der Waals surface area contributed by atoms with Gasteiger partial charge in [-0.15, -0.1) is 0 Å². The molecule has 0 atom stereocenters. The number of benzene rings is 2. The molecule has 0 aliphatic carbocycles. The number of carbonyl (C=O) groups is 1. The van der Waals surface area contributed by atoms with Crippen molar-refractivity contribution in [3.63, 3.8) is 0 Å². The zero-order valence-corrected chi connectivity index (χ0v) is 14.0. The van der Waals surface area contributed by atoms with E-state index in [1.807, 2.05) is 55.4 Å². The fourth-order valence-corrected chi connectivity index (χ4v) is 2.69. The van der Waals surface area contributed by atoms with Crippen LogP contribution in [0.25, 0.3) is 10.9 Å². The van der Waals surface area contributed by atoms with Crippen LogP contribution in [0.2, 0.25) is 0 Å². The normalized spacial score (nSPS) is 10.6. The Morgan fingerprint density at radius 3 is 2.54 bits per heavy atom. The Kier molecular flexibility index (Phi) is 4.75. The molecule has 1 aromatic heterocycles. The van der Waals surface area contributed by atoms with Gasteiger partial charge in [0, 0.05) is 43.5 Å². The van der Waals surface area contributed by atoms with Crippen molar-refractivity contribution in [1.82, 2.24) is 10.3 Å². The Hall–Kier alpha value is -2.88. The second-order valence-electron chi connectivity index (χ2n) is 5.94. The van der Waals surface area contributed by atoms with Gasteiger partial charge in [0.15, 0.2) is 0 Å². The Bertz CT molecular complexity index is 836. The lowest BCUT2D eigenvalue weighted by Crippen LogP contribution is -2.25. The molecule has 0 fully saturated rings. The molecule has 1 amide bonds. The van der Waals surface area contributed by atoms with Gasteiger partial charge in [0.2, 0.25) is 0 Å². The largest absolute Gasteiger partial charge is 0.378 e. The SMILES string of the molecule is CN(C)c1ccc(C(=O)NCCc2cccc3cccnc23)cc1. The summed E-state index contributed by atoms with van der Waals surface area (Å²) in [5, 5.41) is 4.11. The topological polar surface area (TPSA) is 45.2 Å². The molecule has 4 heteroatoms. The summed E-state index contributed by atoms with van der Waals surface area (Å²) in [4.78, 5) is 18.7. The molecule has 1 N–H and O–H groups in total. The summed E-state index contributed by atoms with van der Waals surface area (Å²) in [7, 11) is 3.96. The standard InChI is InChI=1S/C20H21N3O/c1-23(2)18-10-8-17(9-11-18)20(24)22-14-12-16-6-3-5-15-7-4-13-21-19(15)16/h3-11,13H,12,14H2,1-2H3,(H,22,24). The number of para-hydroxylation sites is 1. The van der Waals surface area contributed by atoms with Crippen molar-refractivity contribution in [3.8, 4) is 0 Å². The molecule has 3 aromatic rings. The zero-order chi connectivity index (χ0) is 16.9. The lowest BCUT2D eigenvalue weighted by molar-refractivity contribution is 0.0954. The maximum Gasteiger partial charge on any atom is 0.251 e. The van der Waals surface area contributed by atoms with E-state index < -0.39 is 0 Å². The number of aromatic nitrogens is 1. The van der Waals surface area contributed by atoms with Crippen LogP contribution in [0.15, 0.2) is 60.8 Å². The molecule has 0 spiro atoms. The van der Waals surface area contributed by atoms with Crippen LogP contribution in [0.5, 0.6) is 0 Å². The van der Waals surface area contributed by atoms with Crippen LogP contribution in [0.4, 0.5) is 5.69 Å². The van der Waals surface area contributed by atoms with Gasteiger partial charge in [-0.3, -0.25) is 9.78 Å². The average molecular weight is 319 g/mol. The highest BCUT2D eigenvalue weighted by Crippen LogP contribution is 2.16. The molecule has 0 bridgehead atoms. The van der Waals surface area contributed by atoms with Crippen LogP contribution in [-0.4, -0.2) is 31.5 Å². The number of anilines is 1. The van der Waals surface area contributed by atoms with Crippen LogP contribution in [0.1, 0.15) is 15.9 Å². The summed E-state index contributed by atoms with van der Waals surface area (Å²) in [5.41, 5.74) is 3.91. The first-order valence-electron chi connectivity index (χ1n) is 8.03. The first kappa shape index (κ1) is 16.0. The number of amides is 1. The predicted molar refractivity (Wildman–Crippen MR) is 98.5 cm³/mol. The fraction of sp³-hybridized carbons (Fsp3) is 0.200. The summed E-state index contributed by atoms with van der Waals surface area (Å²) in [6.07, 6.45) is 2.56. The van der Waals surface area contributed by atoms with Crippen LogP contribution in [-0.2, 0) is 6.42 Å². The zero-order valence-electron chi connectivity index (χ0n) is 14.0. The van der Waals surface area contributed by atoms with Crippen molar-refractivity contribution in [1.29, 1.82) is 0 Å². The molecule has 24 heavy (non-hydrogen) atoms. The summed E-state index contributed by atoms with van der Waals surface area (Å²) in [6.45, 7) is 0.587. The highest BCUT2D eigenvalue weighted by Gasteiger charge is 2.07. The number of carbonyl (C=O) groups excluding carboxylic acids is 1. The number of rotatable bonds is 5. The Labute approximate surface area is 142 Å². The number of nitrogens with one attached hydrogen (secondary N) is 1. The smallest absolute Gasteiger partial charge is 0.251 e. The molecule has 2 aromatic carbocycles. The van der Waals surface area contributed by atoms with E-state index in [2.05, 4.69) is 28.5 Å². The van der Waals surface area contributed by atoms with Crippen molar-refractivity contribution in [2.24, 2.45) is 0 Å². The summed E-state index contributed by atoms with van der Waals surface area (Å²) >= 11 is 0.